The van der Waals surface area contributed by atoms with Crippen LogP contribution in [0.15, 0.2) is 18.2 Å². The lowest BCUT2D eigenvalue weighted by Gasteiger charge is -2.17. The number of benzene rings is 1. The highest BCUT2D eigenvalue weighted by Crippen LogP contribution is 2.58. The predicted octanol–water partition coefficient (Wildman–Crippen LogP) is 2.76. The molecule has 1 aliphatic carbocycles. The van der Waals surface area contributed by atoms with Crippen molar-refractivity contribution < 1.29 is 14.6 Å². The van der Waals surface area contributed by atoms with Crippen LogP contribution in [0.25, 0.3) is 0 Å². The van der Waals surface area contributed by atoms with Crippen LogP contribution in [0, 0.1) is 12.8 Å². The van der Waals surface area contributed by atoms with Crippen LogP contribution >= 0.6 is 0 Å². The van der Waals surface area contributed by atoms with Crippen molar-refractivity contribution in [2.45, 2.75) is 32.1 Å². The molecule has 0 amide bonds. The van der Waals surface area contributed by atoms with E-state index in [1.807, 2.05) is 32.0 Å². The summed E-state index contributed by atoms with van der Waals surface area (Å²) in [6, 6.07) is 5.75. The van der Waals surface area contributed by atoms with Gasteiger partial charge in [0, 0.05) is 5.56 Å². The van der Waals surface area contributed by atoms with Gasteiger partial charge in [-0.05, 0) is 25.3 Å². The Balaban J connectivity index is 2.52. The molecule has 3 heteroatoms. The minimum absolute atomic E-state index is 0.232. The lowest BCUT2D eigenvalue weighted by atomic mass is 9.90. The molecule has 0 bridgehead atoms. The molecule has 0 aliphatic heterocycles. The maximum atomic E-state index is 11.6. The van der Waals surface area contributed by atoms with Crippen LogP contribution in [0.4, 0.5) is 0 Å². The van der Waals surface area contributed by atoms with Crippen molar-refractivity contribution in [1.29, 1.82) is 0 Å². The van der Waals surface area contributed by atoms with Crippen molar-refractivity contribution in [3.8, 4) is 5.75 Å². The summed E-state index contributed by atoms with van der Waals surface area (Å²) in [7, 11) is 1.59. The Bertz CT molecular complexity index is 453. The molecule has 1 aromatic carbocycles. The molecule has 1 N–H and O–H groups in total. The zero-order valence-corrected chi connectivity index (χ0v) is 10.5. The monoisotopic (exact) mass is 234 g/mol. The van der Waals surface area contributed by atoms with Crippen molar-refractivity contribution in [3.05, 3.63) is 29.3 Å². The van der Waals surface area contributed by atoms with Crippen LogP contribution in [0.1, 0.15) is 30.9 Å². The van der Waals surface area contributed by atoms with Crippen molar-refractivity contribution in [1.82, 2.24) is 0 Å². The highest BCUT2D eigenvalue weighted by atomic mass is 16.5. The fourth-order valence-electron chi connectivity index (χ4n) is 2.70. The van der Waals surface area contributed by atoms with Crippen LogP contribution in [0.3, 0.4) is 0 Å². The molecule has 1 saturated carbocycles. The maximum absolute atomic E-state index is 11.6. The second kappa shape index (κ2) is 4.06. The standard InChI is InChI=1S/C14H18O3/c1-4-10-8-14(10,13(15)16)11-7-9(2)5-6-12(11)17-3/h5-7,10H,4,8H2,1-3H3,(H,15,16). The Hall–Kier alpha value is -1.51. The molecular formula is C14H18O3. The smallest absolute Gasteiger partial charge is 0.314 e. The van der Waals surface area contributed by atoms with E-state index in [2.05, 4.69) is 0 Å². The molecule has 0 aromatic heterocycles. The summed E-state index contributed by atoms with van der Waals surface area (Å²) in [6.07, 6.45) is 1.61. The third-order valence-corrected chi connectivity index (χ3v) is 3.82. The highest BCUT2D eigenvalue weighted by Gasteiger charge is 2.61. The van der Waals surface area contributed by atoms with Gasteiger partial charge in [-0.2, -0.15) is 0 Å². The van der Waals surface area contributed by atoms with Gasteiger partial charge < -0.3 is 9.84 Å². The highest BCUT2D eigenvalue weighted by molar-refractivity contribution is 5.87. The first kappa shape index (κ1) is 12.0. The second-order valence-corrected chi connectivity index (χ2v) is 4.79. The Morgan fingerprint density at radius 1 is 1.59 bits per heavy atom. The molecule has 1 fully saturated rings. The fraction of sp³-hybridized carbons (Fsp3) is 0.500. The van der Waals surface area contributed by atoms with Gasteiger partial charge in [-0.25, -0.2) is 0 Å². The van der Waals surface area contributed by atoms with E-state index in [4.69, 9.17) is 4.74 Å². The average molecular weight is 234 g/mol. The molecular weight excluding hydrogens is 216 g/mol. The van der Waals surface area contributed by atoms with Crippen molar-refractivity contribution in [2.75, 3.05) is 7.11 Å². The Labute approximate surface area is 101 Å². The molecule has 3 nitrogen and oxygen atoms in total. The Morgan fingerprint density at radius 3 is 2.76 bits per heavy atom. The van der Waals surface area contributed by atoms with Crippen LogP contribution < -0.4 is 4.74 Å². The van der Waals surface area contributed by atoms with E-state index in [9.17, 15) is 9.90 Å². The average Bonchev–Trinajstić information content (AvgIpc) is 3.04. The Kier molecular flexibility index (Phi) is 2.86. The topological polar surface area (TPSA) is 46.5 Å². The van der Waals surface area contributed by atoms with Crippen LogP contribution in [0.5, 0.6) is 5.75 Å². The van der Waals surface area contributed by atoms with E-state index < -0.39 is 11.4 Å². The molecule has 0 heterocycles. The molecule has 92 valence electrons. The molecule has 2 unspecified atom stereocenters. The number of aryl methyl sites for hydroxylation is 1. The summed E-state index contributed by atoms with van der Waals surface area (Å²) in [5.41, 5.74) is 1.19. The van der Waals surface area contributed by atoms with E-state index in [0.29, 0.717) is 5.75 Å². The molecule has 1 aliphatic rings. The van der Waals surface area contributed by atoms with Crippen LogP contribution in [-0.4, -0.2) is 18.2 Å². The van der Waals surface area contributed by atoms with Gasteiger partial charge in [0.05, 0.1) is 12.5 Å². The third-order valence-electron chi connectivity index (χ3n) is 3.82. The summed E-state index contributed by atoms with van der Waals surface area (Å²) >= 11 is 0. The number of ether oxygens (including phenoxy) is 1. The molecule has 2 rings (SSSR count). The molecule has 0 saturated heterocycles. The lowest BCUT2D eigenvalue weighted by Crippen LogP contribution is -2.23. The maximum Gasteiger partial charge on any atom is 0.314 e. The summed E-state index contributed by atoms with van der Waals surface area (Å²) in [4.78, 5) is 11.6. The van der Waals surface area contributed by atoms with E-state index >= 15 is 0 Å². The van der Waals surface area contributed by atoms with Gasteiger partial charge >= 0.3 is 5.97 Å². The minimum atomic E-state index is -0.728. The number of methoxy groups -OCH3 is 1. The summed E-state index contributed by atoms with van der Waals surface area (Å²) < 4.78 is 5.31. The number of carboxylic acid groups (broad SMARTS) is 1. The Morgan fingerprint density at radius 2 is 2.29 bits per heavy atom. The first-order valence-electron chi connectivity index (χ1n) is 5.94. The largest absolute Gasteiger partial charge is 0.496 e. The van der Waals surface area contributed by atoms with Gasteiger partial charge in [0.2, 0.25) is 0 Å². The molecule has 0 spiro atoms. The van der Waals surface area contributed by atoms with Gasteiger partial charge in [-0.1, -0.05) is 31.0 Å². The number of carboxylic acids is 1. The molecule has 0 radical (unpaired) electrons. The SMILES string of the molecule is CCC1CC1(C(=O)O)c1cc(C)ccc1OC. The first-order chi connectivity index (χ1) is 8.06. The van der Waals surface area contributed by atoms with E-state index in [-0.39, 0.29) is 5.92 Å². The van der Waals surface area contributed by atoms with Gasteiger partial charge in [0.25, 0.3) is 0 Å². The van der Waals surface area contributed by atoms with Crippen molar-refractivity contribution in [3.63, 3.8) is 0 Å². The minimum Gasteiger partial charge on any atom is -0.496 e. The number of hydrogen-bond acceptors (Lipinski definition) is 2. The number of carbonyl (C=O) groups is 1. The van der Waals surface area contributed by atoms with Crippen LogP contribution in [0.2, 0.25) is 0 Å². The van der Waals surface area contributed by atoms with Gasteiger partial charge in [-0.15, -0.1) is 0 Å². The zero-order valence-electron chi connectivity index (χ0n) is 10.5. The van der Waals surface area contributed by atoms with Crippen molar-refractivity contribution >= 4 is 5.97 Å². The normalized spacial score (nSPS) is 26.6. The van der Waals surface area contributed by atoms with Gasteiger partial charge in [0.15, 0.2) is 0 Å². The quantitative estimate of drug-likeness (QED) is 0.871. The summed E-state index contributed by atoms with van der Waals surface area (Å²) in [6.45, 7) is 4.01. The van der Waals surface area contributed by atoms with Crippen LogP contribution in [-0.2, 0) is 10.2 Å². The molecule has 1 aromatic rings. The van der Waals surface area contributed by atoms with Crippen molar-refractivity contribution in [2.24, 2.45) is 5.92 Å². The van der Waals surface area contributed by atoms with E-state index in [0.717, 1.165) is 24.0 Å². The van der Waals surface area contributed by atoms with Gasteiger partial charge in [0.1, 0.15) is 5.75 Å². The van der Waals surface area contributed by atoms with Gasteiger partial charge in [-0.3, -0.25) is 4.79 Å². The van der Waals surface area contributed by atoms with E-state index in [1.165, 1.54) is 0 Å². The number of rotatable bonds is 4. The predicted molar refractivity (Wildman–Crippen MR) is 65.4 cm³/mol. The fourth-order valence-corrected chi connectivity index (χ4v) is 2.70. The lowest BCUT2D eigenvalue weighted by molar-refractivity contribution is -0.140. The van der Waals surface area contributed by atoms with E-state index in [1.54, 1.807) is 7.11 Å². The third kappa shape index (κ3) is 1.70. The summed E-state index contributed by atoms with van der Waals surface area (Å²) in [5.74, 6) is 0.193. The molecule has 17 heavy (non-hydrogen) atoms. The number of hydrogen-bond donors (Lipinski definition) is 1. The summed E-state index contributed by atoms with van der Waals surface area (Å²) in [5, 5.41) is 9.51. The number of aliphatic carboxylic acids is 1. The first-order valence-corrected chi connectivity index (χ1v) is 5.94. The molecule has 2 atom stereocenters. The zero-order chi connectivity index (χ0) is 12.6. The second-order valence-electron chi connectivity index (χ2n) is 4.79.